The van der Waals surface area contributed by atoms with Crippen LogP contribution in [-0.4, -0.2) is 39.2 Å². The van der Waals surface area contributed by atoms with Gasteiger partial charge in [0, 0.05) is 48.3 Å². The lowest BCUT2D eigenvalue weighted by Crippen LogP contribution is -2.42. The van der Waals surface area contributed by atoms with E-state index in [9.17, 15) is 4.79 Å². The van der Waals surface area contributed by atoms with Crippen molar-refractivity contribution in [1.82, 2.24) is 19.8 Å². The highest BCUT2D eigenvalue weighted by Crippen LogP contribution is 2.43. The van der Waals surface area contributed by atoms with E-state index in [0.717, 1.165) is 48.5 Å². The number of likely N-dealkylation sites (tertiary alicyclic amines) is 1. The van der Waals surface area contributed by atoms with Crippen LogP contribution in [0, 0.1) is 12.8 Å². The maximum Gasteiger partial charge on any atom is 0.410 e. The highest BCUT2D eigenvalue weighted by Gasteiger charge is 2.33. The van der Waals surface area contributed by atoms with Crippen molar-refractivity contribution >= 4 is 29.3 Å². The lowest BCUT2D eigenvalue weighted by atomic mass is 9.81. The third kappa shape index (κ3) is 5.91. The van der Waals surface area contributed by atoms with Crippen molar-refractivity contribution in [2.45, 2.75) is 65.5 Å². The van der Waals surface area contributed by atoms with Crippen molar-refractivity contribution < 1.29 is 9.53 Å². The lowest BCUT2D eigenvalue weighted by Gasteiger charge is -2.35. The van der Waals surface area contributed by atoms with Crippen LogP contribution >= 0.6 is 11.6 Å². The number of piperidine rings is 1. The Morgan fingerprint density at radius 1 is 1.24 bits per heavy atom. The van der Waals surface area contributed by atoms with E-state index in [0.29, 0.717) is 19.0 Å². The number of dihydropyridines is 1. The summed E-state index contributed by atoms with van der Waals surface area (Å²) in [5, 5.41) is 4.35. The van der Waals surface area contributed by atoms with Gasteiger partial charge in [0.1, 0.15) is 5.60 Å². The number of aromatic nitrogens is 2. The molecule has 2 aromatic rings. The fourth-order valence-corrected chi connectivity index (χ4v) is 5.76. The number of hydrogen-bond donors (Lipinski definition) is 1. The molecule has 7 heteroatoms. The molecule has 2 aliphatic heterocycles. The number of hydrogen-bond acceptors (Lipinski definition) is 4. The van der Waals surface area contributed by atoms with Gasteiger partial charge in [0.05, 0.1) is 12.0 Å². The van der Waals surface area contributed by atoms with Crippen LogP contribution in [0.2, 0.25) is 5.02 Å². The van der Waals surface area contributed by atoms with Gasteiger partial charge in [-0.25, -0.2) is 9.78 Å². The second-order valence-electron chi connectivity index (χ2n) is 11.4. The van der Waals surface area contributed by atoms with Gasteiger partial charge >= 0.3 is 6.09 Å². The standard InChI is InChI=1S/C31H37ClN4O2/c1-21-19-35(20-34-21)14-6-7-23-17-24-18-25(32)9-10-26(24)28(29-27(23)8-5-13-33-29)22-11-15-36(16-12-22)30(37)38-31(2,3)4/h5,8-10,13,17-20,22,33H,6-7,11-12,14-16H2,1-4H3. The van der Waals surface area contributed by atoms with Gasteiger partial charge in [-0.15, -0.1) is 0 Å². The Bertz CT molecular complexity index is 1330. The number of halogens is 1. The zero-order valence-corrected chi connectivity index (χ0v) is 23.5. The summed E-state index contributed by atoms with van der Waals surface area (Å²) >= 11 is 6.50. The first kappa shape index (κ1) is 26.4. The molecular weight excluding hydrogens is 496 g/mol. The van der Waals surface area contributed by atoms with Crippen molar-refractivity contribution in [2.75, 3.05) is 13.1 Å². The summed E-state index contributed by atoms with van der Waals surface area (Å²) in [5.41, 5.74) is 7.95. The van der Waals surface area contributed by atoms with Gasteiger partial charge in [0.15, 0.2) is 0 Å². The molecule has 0 atom stereocenters. The van der Waals surface area contributed by atoms with E-state index in [4.69, 9.17) is 16.3 Å². The lowest BCUT2D eigenvalue weighted by molar-refractivity contribution is 0.0199. The molecule has 0 unspecified atom stereocenters. The van der Waals surface area contributed by atoms with E-state index in [1.807, 2.05) is 51.2 Å². The fraction of sp³-hybridized carbons (Fsp3) is 0.419. The van der Waals surface area contributed by atoms with E-state index >= 15 is 0 Å². The number of nitrogens with one attached hydrogen (secondary N) is 1. The van der Waals surface area contributed by atoms with Crippen LogP contribution in [0.5, 0.6) is 0 Å². The van der Waals surface area contributed by atoms with E-state index < -0.39 is 5.60 Å². The highest BCUT2D eigenvalue weighted by atomic mass is 35.5. The first-order chi connectivity index (χ1) is 18.2. The van der Waals surface area contributed by atoms with Crippen LogP contribution in [0.1, 0.15) is 63.3 Å². The maximum atomic E-state index is 12.7. The number of allylic oxidation sites excluding steroid dienone is 4. The largest absolute Gasteiger partial charge is 0.444 e. The molecule has 0 saturated carbocycles. The van der Waals surface area contributed by atoms with Crippen LogP contribution in [0.4, 0.5) is 4.79 Å². The Hall–Kier alpha value is -3.25. The molecule has 1 aromatic carbocycles. The third-order valence-electron chi connectivity index (χ3n) is 7.28. The van der Waals surface area contributed by atoms with Crippen molar-refractivity contribution in [3.05, 3.63) is 87.8 Å². The molecule has 38 heavy (non-hydrogen) atoms. The van der Waals surface area contributed by atoms with Gasteiger partial charge in [-0.3, -0.25) is 0 Å². The molecule has 3 aliphatic rings. The number of nitrogens with zero attached hydrogens (tertiary/aromatic N) is 3. The van der Waals surface area contributed by atoms with E-state index in [-0.39, 0.29) is 6.09 Å². The molecule has 0 radical (unpaired) electrons. The van der Waals surface area contributed by atoms with E-state index in [1.54, 1.807) is 0 Å². The van der Waals surface area contributed by atoms with Crippen LogP contribution in [0.25, 0.3) is 11.6 Å². The predicted octanol–water partition coefficient (Wildman–Crippen LogP) is 7.12. The third-order valence-corrected chi connectivity index (χ3v) is 7.52. The molecule has 1 aromatic heterocycles. The Morgan fingerprint density at radius 3 is 2.74 bits per heavy atom. The Kier molecular flexibility index (Phi) is 7.53. The first-order valence-electron chi connectivity index (χ1n) is 13.5. The minimum absolute atomic E-state index is 0.224. The van der Waals surface area contributed by atoms with Crippen molar-refractivity contribution in [2.24, 2.45) is 5.92 Å². The number of imidazole rings is 1. The van der Waals surface area contributed by atoms with Crippen molar-refractivity contribution in [3.63, 3.8) is 0 Å². The summed E-state index contributed by atoms with van der Waals surface area (Å²) in [7, 11) is 0. The molecule has 1 amide bonds. The molecule has 5 rings (SSSR count). The predicted molar refractivity (Wildman–Crippen MR) is 153 cm³/mol. The van der Waals surface area contributed by atoms with Crippen molar-refractivity contribution in [3.8, 4) is 0 Å². The molecule has 1 saturated heterocycles. The number of aryl methyl sites for hydroxylation is 2. The molecule has 200 valence electrons. The average molecular weight is 533 g/mol. The molecule has 1 aliphatic carbocycles. The van der Waals surface area contributed by atoms with Gasteiger partial charge in [-0.1, -0.05) is 29.8 Å². The normalized spacial score (nSPS) is 17.8. The number of carbonyl (C=O) groups excluding carboxylic acids is 1. The molecule has 0 bridgehead atoms. The minimum atomic E-state index is -0.491. The second-order valence-corrected chi connectivity index (χ2v) is 11.8. The van der Waals surface area contributed by atoms with Crippen LogP contribution in [0.15, 0.2) is 65.9 Å². The second kappa shape index (κ2) is 10.9. The van der Waals surface area contributed by atoms with Crippen LogP contribution in [0.3, 0.4) is 0 Å². The summed E-state index contributed by atoms with van der Waals surface area (Å²) in [4.78, 5) is 18.9. The summed E-state index contributed by atoms with van der Waals surface area (Å²) in [5.74, 6) is 0.313. The fourth-order valence-electron chi connectivity index (χ4n) is 5.58. The summed E-state index contributed by atoms with van der Waals surface area (Å²) < 4.78 is 7.79. The number of benzene rings is 1. The summed E-state index contributed by atoms with van der Waals surface area (Å²) in [6, 6.07) is 6.22. The van der Waals surface area contributed by atoms with Crippen LogP contribution < -0.4 is 5.32 Å². The Balaban J connectivity index is 1.43. The number of fused-ring (bicyclic) bond motifs is 2. The number of rotatable bonds is 5. The zero-order chi connectivity index (χ0) is 26.9. The first-order valence-corrected chi connectivity index (χ1v) is 13.9. The average Bonchev–Trinajstić information content (AvgIpc) is 3.23. The molecule has 1 N–H and O–H groups in total. The van der Waals surface area contributed by atoms with E-state index in [2.05, 4.69) is 51.4 Å². The molecular formula is C31H37ClN4O2. The highest BCUT2D eigenvalue weighted by molar-refractivity contribution is 6.30. The Morgan fingerprint density at radius 2 is 2.03 bits per heavy atom. The Labute approximate surface area is 230 Å². The molecule has 3 heterocycles. The molecule has 1 fully saturated rings. The number of amides is 1. The minimum Gasteiger partial charge on any atom is -0.444 e. The summed E-state index contributed by atoms with van der Waals surface area (Å²) in [6.07, 6.45) is 16.1. The van der Waals surface area contributed by atoms with Gasteiger partial charge in [0.2, 0.25) is 0 Å². The quantitative estimate of drug-likeness (QED) is 0.445. The summed E-state index contributed by atoms with van der Waals surface area (Å²) in [6.45, 7) is 10.0. The molecule has 6 nitrogen and oxygen atoms in total. The monoisotopic (exact) mass is 532 g/mol. The number of carbonyl (C=O) groups is 1. The van der Waals surface area contributed by atoms with E-state index in [1.165, 1.54) is 28.0 Å². The molecule has 0 spiro atoms. The van der Waals surface area contributed by atoms with Gasteiger partial charge < -0.3 is 19.5 Å². The van der Waals surface area contributed by atoms with Gasteiger partial charge in [0.25, 0.3) is 0 Å². The van der Waals surface area contributed by atoms with Crippen molar-refractivity contribution in [1.29, 1.82) is 0 Å². The van der Waals surface area contributed by atoms with Gasteiger partial charge in [-0.2, -0.15) is 0 Å². The van der Waals surface area contributed by atoms with Crippen LogP contribution in [-0.2, 0) is 11.3 Å². The maximum absolute atomic E-state index is 12.7. The number of ether oxygens (including phenoxy) is 1. The smallest absolute Gasteiger partial charge is 0.410 e. The zero-order valence-electron chi connectivity index (χ0n) is 22.8. The van der Waals surface area contributed by atoms with Gasteiger partial charge in [-0.05, 0) is 99.8 Å². The SMILES string of the molecule is Cc1cn(CCCC2=Cc3cc(Cl)ccc3C(C3CCN(C(=O)OC(C)(C)C)CC3)=C3NC=CC=C23)cn1. The topological polar surface area (TPSA) is 59.4 Å².